The molecule has 11 heteroatoms. The van der Waals surface area contributed by atoms with Gasteiger partial charge in [0.25, 0.3) is 5.91 Å². The van der Waals surface area contributed by atoms with Crippen LogP contribution in [-0.4, -0.2) is 55.0 Å². The van der Waals surface area contributed by atoms with Crippen LogP contribution >= 0.6 is 0 Å². The summed E-state index contributed by atoms with van der Waals surface area (Å²) in [7, 11) is -3.78. The fraction of sp³-hybridized carbons (Fsp3) is 0.250. The molecule has 1 aliphatic rings. The molecule has 2 aromatic carbocycles. The lowest BCUT2D eigenvalue weighted by Gasteiger charge is -2.35. The van der Waals surface area contributed by atoms with Crippen molar-refractivity contribution in [2.45, 2.75) is 11.8 Å². The van der Waals surface area contributed by atoms with Gasteiger partial charge in [0.15, 0.2) is 0 Å². The summed E-state index contributed by atoms with van der Waals surface area (Å²) >= 11 is 0. The highest BCUT2D eigenvalue weighted by molar-refractivity contribution is 7.89. The molecule has 0 bridgehead atoms. The van der Waals surface area contributed by atoms with Crippen LogP contribution in [0.2, 0.25) is 0 Å². The second kappa shape index (κ2) is 8.44. The number of aryl methyl sites for hydroxylation is 1. The van der Waals surface area contributed by atoms with Crippen LogP contribution in [0.25, 0.3) is 0 Å². The number of carbonyl (C=O) groups excluding carboxylic acids is 1. The minimum absolute atomic E-state index is 0.0251. The molecule has 2 heterocycles. The molecule has 0 saturated carbocycles. The average molecular weight is 445 g/mol. The number of aromatic nitrogens is 2. The molecule has 1 saturated heterocycles. The summed E-state index contributed by atoms with van der Waals surface area (Å²) in [6.07, 6.45) is 0. The number of nitrogens with zero attached hydrogens (tertiary/aromatic N) is 4. The molecule has 9 nitrogen and oxygen atoms in total. The van der Waals surface area contributed by atoms with Gasteiger partial charge < -0.3 is 9.32 Å². The number of carbonyl (C=O) groups is 1. The first-order valence-corrected chi connectivity index (χ1v) is 11.0. The molecule has 3 aromatic rings. The maximum absolute atomic E-state index is 13.1. The Bertz CT molecular complexity index is 1190. The van der Waals surface area contributed by atoms with Gasteiger partial charge in [-0.2, -0.15) is 4.31 Å². The van der Waals surface area contributed by atoms with E-state index in [-0.39, 0.29) is 35.4 Å². The summed E-state index contributed by atoms with van der Waals surface area (Å²) in [6, 6.07) is 11.8. The summed E-state index contributed by atoms with van der Waals surface area (Å²) < 4.78 is 45.8. The third kappa shape index (κ3) is 4.57. The van der Waals surface area contributed by atoms with Gasteiger partial charge in [-0.05, 0) is 42.5 Å². The van der Waals surface area contributed by atoms with Gasteiger partial charge in [0.05, 0.1) is 4.90 Å². The predicted molar refractivity (Wildman–Crippen MR) is 111 cm³/mol. The molecule has 0 spiro atoms. The van der Waals surface area contributed by atoms with Crippen molar-refractivity contribution in [1.82, 2.24) is 14.5 Å². The highest BCUT2D eigenvalue weighted by Gasteiger charge is 2.29. The van der Waals surface area contributed by atoms with Crippen LogP contribution in [0.5, 0.6) is 0 Å². The number of halogens is 1. The Morgan fingerprint density at radius 2 is 1.77 bits per heavy atom. The average Bonchev–Trinajstić information content (AvgIpc) is 3.19. The van der Waals surface area contributed by atoms with Crippen molar-refractivity contribution in [1.29, 1.82) is 0 Å². The minimum atomic E-state index is -3.78. The van der Waals surface area contributed by atoms with Crippen LogP contribution in [0.3, 0.4) is 0 Å². The number of amides is 1. The highest BCUT2D eigenvalue weighted by atomic mass is 32.2. The Hall–Kier alpha value is -3.31. The van der Waals surface area contributed by atoms with E-state index in [1.165, 1.54) is 40.7 Å². The summed E-state index contributed by atoms with van der Waals surface area (Å²) in [5.74, 6) is -0.573. The number of sulfonamides is 1. The third-order valence-corrected chi connectivity index (χ3v) is 6.81. The molecule has 0 aliphatic carbocycles. The van der Waals surface area contributed by atoms with E-state index in [1.807, 2.05) is 4.90 Å². The van der Waals surface area contributed by atoms with E-state index in [0.717, 1.165) is 5.69 Å². The quantitative estimate of drug-likeness (QED) is 0.642. The molecule has 1 amide bonds. The van der Waals surface area contributed by atoms with Crippen LogP contribution < -0.4 is 10.2 Å². The van der Waals surface area contributed by atoms with Gasteiger partial charge in [0, 0.05) is 44.4 Å². The van der Waals surface area contributed by atoms with Crippen molar-refractivity contribution in [3.63, 3.8) is 0 Å². The molecule has 0 unspecified atom stereocenters. The number of rotatable bonds is 5. The fourth-order valence-corrected chi connectivity index (χ4v) is 4.77. The SMILES string of the molecule is Cc1nnc(NC(=O)c2cccc(S(=O)(=O)N3CCN(c4ccc(F)cc4)CC3)c2)o1. The first-order valence-electron chi connectivity index (χ1n) is 9.55. The molecule has 162 valence electrons. The van der Waals surface area contributed by atoms with Crippen molar-refractivity contribution >= 4 is 27.6 Å². The van der Waals surface area contributed by atoms with Gasteiger partial charge in [-0.3, -0.25) is 10.1 Å². The van der Waals surface area contributed by atoms with Crippen molar-refractivity contribution < 1.29 is 22.0 Å². The van der Waals surface area contributed by atoms with Crippen LogP contribution in [0.4, 0.5) is 16.1 Å². The van der Waals surface area contributed by atoms with E-state index in [4.69, 9.17) is 4.42 Å². The van der Waals surface area contributed by atoms with E-state index >= 15 is 0 Å². The molecule has 1 aromatic heterocycles. The molecule has 31 heavy (non-hydrogen) atoms. The maximum atomic E-state index is 13.1. The van der Waals surface area contributed by atoms with Gasteiger partial charge in [0.2, 0.25) is 15.9 Å². The number of anilines is 2. The molecule has 1 fully saturated rings. The zero-order chi connectivity index (χ0) is 22.0. The van der Waals surface area contributed by atoms with Crippen LogP contribution in [0, 0.1) is 12.7 Å². The third-order valence-electron chi connectivity index (χ3n) is 4.91. The Labute approximate surface area is 178 Å². The Morgan fingerprint density at radius 1 is 1.06 bits per heavy atom. The van der Waals surface area contributed by atoms with Gasteiger partial charge in [-0.25, -0.2) is 12.8 Å². The monoisotopic (exact) mass is 445 g/mol. The van der Waals surface area contributed by atoms with E-state index in [9.17, 15) is 17.6 Å². The topological polar surface area (TPSA) is 109 Å². The lowest BCUT2D eigenvalue weighted by molar-refractivity contribution is 0.102. The Balaban J connectivity index is 1.46. The number of hydrogen-bond acceptors (Lipinski definition) is 7. The Morgan fingerprint density at radius 3 is 2.42 bits per heavy atom. The zero-order valence-electron chi connectivity index (χ0n) is 16.7. The lowest BCUT2D eigenvalue weighted by atomic mass is 10.2. The van der Waals surface area contributed by atoms with Crippen LogP contribution in [-0.2, 0) is 10.0 Å². The predicted octanol–water partition coefficient (Wildman–Crippen LogP) is 2.28. The van der Waals surface area contributed by atoms with E-state index < -0.39 is 15.9 Å². The molecule has 0 atom stereocenters. The van der Waals surface area contributed by atoms with Gasteiger partial charge >= 0.3 is 6.01 Å². The molecule has 1 aliphatic heterocycles. The van der Waals surface area contributed by atoms with Crippen molar-refractivity contribution in [3.05, 3.63) is 65.8 Å². The number of hydrogen-bond donors (Lipinski definition) is 1. The first kappa shape index (κ1) is 20.9. The molecule has 1 N–H and O–H groups in total. The minimum Gasteiger partial charge on any atom is -0.408 e. The molecular weight excluding hydrogens is 425 g/mol. The zero-order valence-corrected chi connectivity index (χ0v) is 17.5. The molecular formula is C20H20FN5O4S. The smallest absolute Gasteiger partial charge is 0.322 e. The van der Waals surface area contributed by atoms with Gasteiger partial charge in [0.1, 0.15) is 5.82 Å². The highest BCUT2D eigenvalue weighted by Crippen LogP contribution is 2.22. The van der Waals surface area contributed by atoms with E-state index in [0.29, 0.717) is 19.0 Å². The Kier molecular flexibility index (Phi) is 5.70. The summed E-state index contributed by atoms with van der Waals surface area (Å²) in [4.78, 5) is 14.4. The van der Waals surface area contributed by atoms with E-state index in [1.54, 1.807) is 19.1 Å². The number of nitrogens with one attached hydrogen (secondary N) is 1. The largest absolute Gasteiger partial charge is 0.408 e. The fourth-order valence-electron chi connectivity index (χ4n) is 3.30. The number of piperazine rings is 1. The van der Waals surface area contributed by atoms with E-state index in [2.05, 4.69) is 15.5 Å². The van der Waals surface area contributed by atoms with Crippen LogP contribution in [0.15, 0.2) is 57.8 Å². The summed E-state index contributed by atoms with van der Waals surface area (Å²) in [6.45, 7) is 3.09. The lowest BCUT2D eigenvalue weighted by Crippen LogP contribution is -2.48. The maximum Gasteiger partial charge on any atom is 0.322 e. The number of benzene rings is 2. The molecule has 4 rings (SSSR count). The van der Waals surface area contributed by atoms with Gasteiger partial charge in [-0.1, -0.05) is 11.2 Å². The van der Waals surface area contributed by atoms with Crippen molar-refractivity contribution in [2.75, 3.05) is 36.4 Å². The second-order valence-electron chi connectivity index (χ2n) is 6.98. The second-order valence-corrected chi connectivity index (χ2v) is 8.91. The summed E-state index contributed by atoms with van der Waals surface area (Å²) in [5.41, 5.74) is 0.996. The van der Waals surface area contributed by atoms with Crippen LogP contribution in [0.1, 0.15) is 16.2 Å². The van der Waals surface area contributed by atoms with Crippen molar-refractivity contribution in [2.24, 2.45) is 0 Å². The normalized spacial score (nSPS) is 15.1. The standard InChI is InChI=1S/C20H20FN5O4S/c1-14-23-24-20(30-14)22-19(27)15-3-2-4-18(13-15)31(28,29)26-11-9-25(10-12-26)17-7-5-16(21)6-8-17/h2-8,13H,9-12H2,1H3,(H,22,24,27). The van der Waals surface area contributed by atoms with Gasteiger partial charge in [-0.15, -0.1) is 5.10 Å². The van der Waals surface area contributed by atoms with Crippen molar-refractivity contribution in [3.8, 4) is 0 Å². The molecule has 0 radical (unpaired) electrons. The summed E-state index contributed by atoms with van der Waals surface area (Å²) in [5, 5.41) is 9.76. The first-order chi connectivity index (χ1) is 14.8.